The molecule has 0 spiro atoms. The molecule has 0 aliphatic carbocycles. The standard InChI is InChI=1S/C12H11Cl2N5OS/c13-6-2-1-3-7(11(6)14)17-10(20)5-21-12-18-8(15)4-9(16)19-12/h1-4H,5H2,(H,17,20)(H4,15,16,18,19). The van der Waals surface area contributed by atoms with Crippen molar-refractivity contribution in [2.45, 2.75) is 5.16 Å². The normalized spacial score (nSPS) is 10.4. The molecule has 0 unspecified atom stereocenters. The smallest absolute Gasteiger partial charge is 0.234 e. The number of aromatic nitrogens is 2. The van der Waals surface area contributed by atoms with Gasteiger partial charge in [0.05, 0.1) is 21.5 Å². The molecule has 5 N–H and O–H groups in total. The molecular weight excluding hydrogens is 333 g/mol. The number of amides is 1. The average Bonchev–Trinajstić information content (AvgIpc) is 2.41. The van der Waals surface area contributed by atoms with Crippen LogP contribution in [0.5, 0.6) is 0 Å². The second-order valence-corrected chi connectivity index (χ2v) is 5.67. The fourth-order valence-corrected chi connectivity index (χ4v) is 2.46. The molecule has 6 nitrogen and oxygen atoms in total. The number of nitrogens with zero attached hydrogens (tertiary/aromatic N) is 2. The van der Waals surface area contributed by atoms with Gasteiger partial charge in [0.25, 0.3) is 0 Å². The Hall–Kier alpha value is -1.70. The summed E-state index contributed by atoms with van der Waals surface area (Å²) in [6, 6.07) is 6.43. The molecule has 21 heavy (non-hydrogen) atoms. The molecule has 9 heteroatoms. The first-order chi connectivity index (χ1) is 9.95. The van der Waals surface area contributed by atoms with E-state index in [0.29, 0.717) is 20.9 Å². The number of carbonyl (C=O) groups is 1. The number of anilines is 3. The highest BCUT2D eigenvalue weighted by Crippen LogP contribution is 2.29. The van der Waals surface area contributed by atoms with Gasteiger partial charge >= 0.3 is 0 Å². The van der Waals surface area contributed by atoms with Crippen LogP contribution < -0.4 is 16.8 Å². The minimum Gasteiger partial charge on any atom is -0.383 e. The highest BCUT2D eigenvalue weighted by molar-refractivity contribution is 7.99. The third-order valence-corrected chi connectivity index (χ3v) is 3.97. The molecule has 1 heterocycles. The van der Waals surface area contributed by atoms with Gasteiger partial charge in [-0.1, -0.05) is 41.0 Å². The zero-order valence-corrected chi connectivity index (χ0v) is 13.0. The van der Waals surface area contributed by atoms with Crippen LogP contribution in [0, 0.1) is 0 Å². The molecule has 0 bridgehead atoms. The van der Waals surface area contributed by atoms with Crippen LogP contribution in [-0.4, -0.2) is 21.6 Å². The summed E-state index contributed by atoms with van der Waals surface area (Å²) in [6.07, 6.45) is 0. The maximum absolute atomic E-state index is 11.9. The van der Waals surface area contributed by atoms with Crippen molar-refractivity contribution >= 4 is 58.2 Å². The molecule has 2 aromatic rings. The number of nitrogen functional groups attached to an aromatic ring is 2. The summed E-state index contributed by atoms with van der Waals surface area (Å²) < 4.78 is 0. The largest absolute Gasteiger partial charge is 0.383 e. The van der Waals surface area contributed by atoms with Gasteiger partial charge in [-0.25, -0.2) is 9.97 Å². The van der Waals surface area contributed by atoms with E-state index in [2.05, 4.69) is 15.3 Å². The van der Waals surface area contributed by atoms with Crippen LogP contribution in [0.2, 0.25) is 10.0 Å². The van der Waals surface area contributed by atoms with E-state index in [1.54, 1.807) is 18.2 Å². The van der Waals surface area contributed by atoms with E-state index >= 15 is 0 Å². The number of thioether (sulfide) groups is 1. The maximum Gasteiger partial charge on any atom is 0.234 e. The number of hydrogen-bond acceptors (Lipinski definition) is 6. The van der Waals surface area contributed by atoms with Crippen molar-refractivity contribution in [2.75, 3.05) is 22.5 Å². The van der Waals surface area contributed by atoms with E-state index in [0.717, 1.165) is 11.8 Å². The van der Waals surface area contributed by atoms with Crippen molar-refractivity contribution in [2.24, 2.45) is 0 Å². The molecule has 1 aromatic heterocycles. The number of hydrogen-bond donors (Lipinski definition) is 3. The van der Waals surface area contributed by atoms with Crippen LogP contribution in [0.1, 0.15) is 0 Å². The van der Waals surface area contributed by atoms with E-state index < -0.39 is 0 Å². The number of rotatable bonds is 4. The molecule has 1 aromatic carbocycles. The summed E-state index contributed by atoms with van der Waals surface area (Å²) in [7, 11) is 0. The van der Waals surface area contributed by atoms with E-state index in [4.69, 9.17) is 34.7 Å². The first kappa shape index (κ1) is 15.7. The zero-order valence-electron chi connectivity index (χ0n) is 10.6. The number of benzene rings is 1. The zero-order chi connectivity index (χ0) is 15.4. The van der Waals surface area contributed by atoms with Gasteiger partial charge in [0.2, 0.25) is 5.91 Å². The molecule has 0 atom stereocenters. The first-order valence-corrected chi connectivity index (χ1v) is 7.46. The molecule has 2 rings (SSSR count). The van der Waals surface area contributed by atoms with Crippen LogP contribution in [0.3, 0.4) is 0 Å². The minimum absolute atomic E-state index is 0.0890. The van der Waals surface area contributed by atoms with Gasteiger partial charge in [0.15, 0.2) is 5.16 Å². The van der Waals surface area contributed by atoms with Crippen molar-refractivity contribution in [3.63, 3.8) is 0 Å². The quantitative estimate of drug-likeness (QED) is 0.581. The predicted molar refractivity (Wildman–Crippen MR) is 86.7 cm³/mol. The third-order valence-electron chi connectivity index (χ3n) is 2.30. The van der Waals surface area contributed by atoms with Crippen molar-refractivity contribution in [1.82, 2.24) is 9.97 Å². The van der Waals surface area contributed by atoms with Crippen molar-refractivity contribution < 1.29 is 4.79 Å². The van der Waals surface area contributed by atoms with E-state index in [9.17, 15) is 4.79 Å². The lowest BCUT2D eigenvalue weighted by molar-refractivity contribution is -0.113. The monoisotopic (exact) mass is 343 g/mol. The second-order valence-electron chi connectivity index (χ2n) is 3.94. The predicted octanol–water partition coefficient (Wildman–Crippen LogP) is 2.68. The van der Waals surface area contributed by atoms with Crippen LogP contribution in [0.4, 0.5) is 17.3 Å². The summed E-state index contributed by atoms with van der Waals surface area (Å²) in [5, 5.41) is 3.65. The Kier molecular flexibility index (Phi) is 5.11. The SMILES string of the molecule is Nc1cc(N)nc(SCC(=O)Nc2cccc(Cl)c2Cl)n1. The van der Waals surface area contributed by atoms with Gasteiger partial charge in [-0.2, -0.15) is 0 Å². The molecule has 0 aliphatic rings. The van der Waals surface area contributed by atoms with Crippen molar-refractivity contribution in [3.05, 3.63) is 34.3 Å². The molecule has 0 saturated carbocycles. The van der Waals surface area contributed by atoms with Gasteiger partial charge in [-0.15, -0.1) is 0 Å². The van der Waals surface area contributed by atoms with Gasteiger partial charge in [-0.3, -0.25) is 4.79 Å². The fraction of sp³-hybridized carbons (Fsp3) is 0.0833. The Morgan fingerprint density at radius 1 is 1.24 bits per heavy atom. The first-order valence-electron chi connectivity index (χ1n) is 5.72. The fourth-order valence-electron chi connectivity index (χ4n) is 1.44. The summed E-state index contributed by atoms with van der Waals surface area (Å²) in [5.41, 5.74) is 11.5. The van der Waals surface area contributed by atoms with Crippen LogP contribution in [0.15, 0.2) is 29.4 Å². The summed E-state index contributed by atoms with van der Waals surface area (Å²) in [4.78, 5) is 19.8. The van der Waals surface area contributed by atoms with E-state index in [-0.39, 0.29) is 23.3 Å². The second kappa shape index (κ2) is 6.84. The summed E-state index contributed by atoms with van der Waals surface area (Å²) in [5.74, 6) is 0.325. The Morgan fingerprint density at radius 3 is 2.57 bits per heavy atom. The Bertz CT molecular complexity index is 662. The van der Waals surface area contributed by atoms with Crippen molar-refractivity contribution in [3.8, 4) is 0 Å². The highest BCUT2D eigenvalue weighted by atomic mass is 35.5. The van der Waals surface area contributed by atoms with E-state index in [1.165, 1.54) is 6.07 Å². The highest BCUT2D eigenvalue weighted by Gasteiger charge is 2.10. The molecule has 110 valence electrons. The molecular formula is C12H11Cl2N5OS. The number of halogens is 2. The molecule has 0 saturated heterocycles. The van der Waals surface area contributed by atoms with E-state index in [1.807, 2.05) is 0 Å². The number of carbonyl (C=O) groups excluding carboxylic acids is 1. The lowest BCUT2D eigenvalue weighted by Crippen LogP contribution is -2.14. The molecule has 0 fully saturated rings. The maximum atomic E-state index is 11.9. The molecule has 1 amide bonds. The van der Waals surface area contributed by atoms with Crippen LogP contribution in [-0.2, 0) is 4.79 Å². The Morgan fingerprint density at radius 2 is 1.90 bits per heavy atom. The number of nitrogens with two attached hydrogens (primary N) is 2. The average molecular weight is 344 g/mol. The molecule has 0 radical (unpaired) electrons. The lowest BCUT2D eigenvalue weighted by Gasteiger charge is -2.08. The van der Waals surface area contributed by atoms with Gasteiger partial charge in [-0.05, 0) is 12.1 Å². The molecule has 0 aliphatic heterocycles. The topological polar surface area (TPSA) is 107 Å². The third kappa shape index (κ3) is 4.38. The summed E-state index contributed by atoms with van der Waals surface area (Å²) in [6.45, 7) is 0. The van der Waals surface area contributed by atoms with Gasteiger partial charge in [0, 0.05) is 6.07 Å². The van der Waals surface area contributed by atoms with Crippen LogP contribution in [0.25, 0.3) is 0 Å². The minimum atomic E-state index is -0.270. The Balaban J connectivity index is 1.97. The lowest BCUT2D eigenvalue weighted by atomic mass is 10.3. The number of nitrogens with one attached hydrogen (secondary N) is 1. The Labute approximate surface area is 135 Å². The van der Waals surface area contributed by atoms with Gasteiger partial charge < -0.3 is 16.8 Å². The van der Waals surface area contributed by atoms with Crippen molar-refractivity contribution in [1.29, 1.82) is 0 Å². The summed E-state index contributed by atoms with van der Waals surface area (Å²) >= 11 is 13.0. The van der Waals surface area contributed by atoms with Gasteiger partial charge in [0.1, 0.15) is 11.6 Å². The van der Waals surface area contributed by atoms with Crippen LogP contribution >= 0.6 is 35.0 Å².